The standard InChI is InChI=1S/C12H9N3O3/c16-11-10(18-12(17)14-11)8-6-13-15(7-8)9-4-2-1-3-5-9/h1-7,10H,(H,14,16,17). The topological polar surface area (TPSA) is 73.2 Å². The van der Waals surface area contributed by atoms with Gasteiger partial charge in [-0.1, -0.05) is 18.2 Å². The molecule has 1 fully saturated rings. The molecule has 90 valence electrons. The average Bonchev–Trinajstić information content (AvgIpc) is 2.97. The van der Waals surface area contributed by atoms with Crippen LogP contribution in [-0.2, 0) is 9.53 Å². The van der Waals surface area contributed by atoms with E-state index in [4.69, 9.17) is 4.74 Å². The van der Waals surface area contributed by atoms with Crippen molar-refractivity contribution in [2.24, 2.45) is 0 Å². The molecule has 2 amide bonds. The molecule has 0 saturated carbocycles. The zero-order valence-electron chi connectivity index (χ0n) is 9.24. The Labute approximate surface area is 102 Å². The number of hydrogen-bond donors (Lipinski definition) is 1. The van der Waals surface area contributed by atoms with E-state index in [0.717, 1.165) is 5.69 Å². The number of hydrogen-bond acceptors (Lipinski definition) is 4. The molecule has 1 aromatic carbocycles. The SMILES string of the molecule is O=C1NC(=O)C(c2cnn(-c3ccccc3)c2)O1. The molecule has 3 rings (SSSR count). The number of nitrogens with one attached hydrogen (secondary N) is 1. The molecule has 0 spiro atoms. The molecule has 2 aromatic rings. The molecule has 1 aliphatic heterocycles. The van der Waals surface area contributed by atoms with Gasteiger partial charge in [0.15, 0.2) is 0 Å². The van der Waals surface area contributed by atoms with Crippen LogP contribution in [0.5, 0.6) is 0 Å². The summed E-state index contributed by atoms with van der Waals surface area (Å²) in [5, 5.41) is 6.21. The third-order valence-corrected chi connectivity index (χ3v) is 2.61. The molecule has 6 heteroatoms. The summed E-state index contributed by atoms with van der Waals surface area (Å²) in [6.07, 6.45) is 1.54. The summed E-state index contributed by atoms with van der Waals surface area (Å²) in [6, 6.07) is 9.45. The van der Waals surface area contributed by atoms with E-state index in [1.54, 1.807) is 10.9 Å². The Morgan fingerprint density at radius 1 is 1.22 bits per heavy atom. The lowest BCUT2D eigenvalue weighted by molar-refractivity contribution is -0.123. The van der Waals surface area contributed by atoms with Crippen LogP contribution in [0.3, 0.4) is 0 Å². The van der Waals surface area contributed by atoms with Crippen molar-refractivity contribution in [2.75, 3.05) is 0 Å². The maximum Gasteiger partial charge on any atom is 0.415 e. The lowest BCUT2D eigenvalue weighted by Gasteiger charge is -2.02. The van der Waals surface area contributed by atoms with E-state index in [2.05, 4.69) is 10.4 Å². The molecular formula is C12H9N3O3. The number of amides is 2. The smallest absolute Gasteiger partial charge is 0.415 e. The number of aromatic nitrogens is 2. The third kappa shape index (κ3) is 1.73. The highest BCUT2D eigenvalue weighted by Crippen LogP contribution is 2.22. The van der Waals surface area contributed by atoms with Crippen LogP contribution in [0.15, 0.2) is 42.7 Å². The Bertz CT molecular complexity index is 606. The number of para-hydroxylation sites is 1. The van der Waals surface area contributed by atoms with Crippen LogP contribution in [0.25, 0.3) is 5.69 Å². The predicted molar refractivity (Wildman–Crippen MR) is 60.9 cm³/mol. The average molecular weight is 243 g/mol. The summed E-state index contributed by atoms with van der Waals surface area (Å²) in [5.74, 6) is -0.465. The van der Waals surface area contributed by atoms with Crippen molar-refractivity contribution in [3.8, 4) is 5.69 Å². The third-order valence-electron chi connectivity index (χ3n) is 2.61. The molecule has 1 saturated heterocycles. The van der Waals surface area contributed by atoms with Gasteiger partial charge in [-0.3, -0.25) is 10.1 Å². The summed E-state index contributed by atoms with van der Waals surface area (Å²) < 4.78 is 6.48. The van der Waals surface area contributed by atoms with Crippen LogP contribution in [0, 0.1) is 0 Å². The van der Waals surface area contributed by atoms with Crippen molar-refractivity contribution >= 4 is 12.0 Å². The van der Waals surface area contributed by atoms with Gasteiger partial charge in [0.05, 0.1) is 11.9 Å². The first kappa shape index (κ1) is 10.5. The maximum atomic E-state index is 11.4. The van der Waals surface area contributed by atoms with Gasteiger partial charge in [-0.25, -0.2) is 9.48 Å². The van der Waals surface area contributed by atoms with Crippen LogP contribution in [0.4, 0.5) is 4.79 Å². The maximum absolute atomic E-state index is 11.4. The zero-order chi connectivity index (χ0) is 12.5. The van der Waals surface area contributed by atoms with Gasteiger partial charge in [-0.2, -0.15) is 5.10 Å². The number of nitrogens with zero attached hydrogens (tertiary/aromatic N) is 2. The summed E-state index contributed by atoms with van der Waals surface area (Å²) in [6.45, 7) is 0. The lowest BCUT2D eigenvalue weighted by atomic mass is 10.2. The first-order chi connectivity index (χ1) is 8.74. The van der Waals surface area contributed by atoms with E-state index in [9.17, 15) is 9.59 Å². The molecule has 18 heavy (non-hydrogen) atoms. The second kappa shape index (κ2) is 3.99. The first-order valence-corrected chi connectivity index (χ1v) is 5.35. The van der Waals surface area contributed by atoms with E-state index in [1.165, 1.54) is 6.20 Å². The van der Waals surface area contributed by atoms with Crippen LogP contribution >= 0.6 is 0 Å². The van der Waals surface area contributed by atoms with Gasteiger partial charge in [0.25, 0.3) is 5.91 Å². The van der Waals surface area contributed by atoms with Crippen molar-refractivity contribution in [1.29, 1.82) is 0 Å². The van der Waals surface area contributed by atoms with Gasteiger partial charge in [0, 0.05) is 11.8 Å². The second-order valence-electron chi connectivity index (χ2n) is 3.83. The normalized spacial score (nSPS) is 18.6. The van der Waals surface area contributed by atoms with Crippen molar-refractivity contribution in [3.05, 3.63) is 48.3 Å². The van der Waals surface area contributed by atoms with E-state index in [1.807, 2.05) is 30.3 Å². The number of carbonyl (C=O) groups is 2. The van der Waals surface area contributed by atoms with Gasteiger partial charge in [-0.15, -0.1) is 0 Å². The number of rotatable bonds is 2. The largest absolute Gasteiger partial charge is 0.431 e. The minimum Gasteiger partial charge on any atom is -0.431 e. The second-order valence-corrected chi connectivity index (χ2v) is 3.83. The van der Waals surface area contributed by atoms with Crippen molar-refractivity contribution in [1.82, 2.24) is 15.1 Å². The fourth-order valence-corrected chi connectivity index (χ4v) is 1.77. The van der Waals surface area contributed by atoms with Crippen LogP contribution in [0.1, 0.15) is 11.7 Å². The summed E-state index contributed by atoms with van der Waals surface area (Å²) in [5.41, 5.74) is 1.41. The Kier molecular flexibility index (Phi) is 2.33. The van der Waals surface area contributed by atoms with Gasteiger partial charge in [0.2, 0.25) is 6.10 Å². The quantitative estimate of drug-likeness (QED) is 0.859. The van der Waals surface area contributed by atoms with Gasteiger partial charge < -0.3 is 4.74 Å². The van der Waals surface area contributed by atoms with E-state index >= 15 is 0 Å². The highest BCUT2D eigenvalue weighted by molar-refractivity contribution is 6.00. The zero-order valence-corrected chi connectivity index (χ0v) is 9.24. The van der Waals surface area contributed by atoms with Gasteiger partial charge >= 0.3 is 6.09 Å². The van der Waals surface area contributed by atoms with E-state index < -0.39 is 18.1 Å². The molecule has 2 heterocycles. The van der Waals surface area contributed by atoms with Crippen molar-refractivity contribution < 1.29 is 14.3 Å². The fraction of sp³-hybridized carbons (Fsp3) is 0.0833. The lowest BCUT2D eigenvalue weighted by Crippen LogP contribution is -2.20. The number of ether oxygens (including phenoxy) is 1. The number of cyclic esters (lactones) is 1. The summed E-state index contributed by atoms with van der Waals surface area (Å²) >= 11 is 0. The highest BCUT2D eigenvalue weighted by Gasteiger charge is 2.34. The first-order valence-electron chi connectivity index (χ1n) is 5.35. The van der Waals surface area contributed by atoms with Crippen LogP contribution in [-0.4, -0.2) is 21.8 Å². The molecule has 1 aliphatic rings. The van der Waals surface area contributed by atoms with Crippen molar-refractivity contribution in [3.63, 3.8) is 0 Å². The Morgan fingerprint density at radius 3 is 2.67 bits per heavy atom. The molecular weight excluding hydrogens is 234 g/mol. The molecule has 1 atom stereocenters. The van der Waals surface area contributed by atoms with Gasteiger partial charge in [-0.05, 0) is 12.1 Å². The number of imide groups is 1. The van der Waals surface area contributed by atoms with E-state index in [0.29, 0.717) is 5.56 Å². The Morgan fingerprint density at radius 2 is 2.00 bits per heavy atom. The van der Waals surface area contributed by atoms with E-state index in [-0.39, 0.29) is 0 Å². The van der Waals surface area contributed by atoms with Crippen LogP contribution < -0.4 is 5.32 Å². The number of benzene rings is 1. The minimum atomic E-state index is -0.907. The highest BCUT2D eigenvalue weighted by atomic mass is 16.6. The Hall–Kier alpha value is -2.63. The minimum absolute atomic E-state index is 0.465. The van der Waals surface area contributed by atoms with Crippen molar-refractivity contribution in [2.45, 2.75) is 6.10 Å². The molecule has 1 unspecified atom stereocenters. The molecule has 6 nitrogen and oxygen atoms in total. The summed E-state index contributed by atoms with van der Waals surface area (Å²) in [7, 11) is 0. The molecule has 0 aliphatic carbocycles. The fourth-order valence-electron chi connectivity index (χ4n) is 1.77. The molecule has 1 aromatic heterocycles. The summed E-state index contributed by atoms with van der Waals surface area (Å²) in [4.78, 5) is 22.4. The Balaban J connectivity index is 1.91. The van der Waals surface area contributed by atoms with Gasteiger partial charge in [0.1, 0.15) is 0 Å². The number of carbonyl (C=O) groups excluding carboxylic acids is 2. The molecule has 0 radical (unpaired) electrons. The molecule has 0 bridgehead atoms. The predicted octanol–water partition coefficient (Wildman–Crippen LogP) is 1.18. The number of alkyl carbamates (subject to hydrolysis) is 1. The van der Waals surface area contributed by atoms with Crippen LogP contribution in [0.2, 0.25) is 0 Å². The molecule has 1 N–H and O–H groups in total. The monoisotopic (exact) mass is 243 g/mol.